The predicted octanol–water partition coefficient (Wildman–Crippen LogP) is 4.01. The Morgan fingerprint density at radius 1 is 1.17 bits per heavy atom. The minimum absolute atomic E-state index is 0.0574. The highest BCUT2D eigenvalue weighted by Crippen LogP contribution is 2.29. The molecular formula is C25H19ClN6O3. The van der Waals surface area contributed by atoms with Gasteiger partial charge < -0.3 is 15.3 Å². The SMILES string of the molecule is C[C@@H](Nc1ccc(Cl)nc1C(=O)O)c1cc(C#N)cn2c(=O)cc(N3Cc4ccccc4C3)nc12. The molecule has 174 valence electrons. The lowest BCUT2D eigenvalue weighted by Crippen LogP contribution is -2.23. The molecule has 1 aromatic carbocycles. The van der Waals surface area contributed by atoms with Crippen molar-refractivity contribution in [1.29, 1.82) is 5.26 Å². The van der Waals surface area contributed by atoms with Crippen LogP contribution in [0.1, 0.15) is 45.7 Å². The summed E-state index contributed by atoms with van der Waals surface area (Å²) in [6.07, 6.45) is 1.45. The first-order valence-electron chi connectivity index (χ1n) is 10.8. The fraction of sp³-hybridized carbons (Fsp3) is 0.160. The van der Waals surface area contributed by atoms with Crippen molar-refractivity contribution >= 4 is 34.7 Å². The molecule has 0 fully saturated rings. The number of hydrogen-bond donors (Lipinski definition) is 2. The summed E-state index contributed by atoms with van der Waals surface area (Å²) in [6.45, 7) is 3.06. The number of nitrogens with zero attached hydrogens (tertiary/aromatic N) is 5. The third-order valence-corrected chi connectivity index (χ3v) is 6.18. The molecule has 10 heteroatoms. The Morgan fingerprint density at radius 2 is 1.89 bits per heavy atom. The smallest absolute Gasteiger partial charge is 0.356 e. The van der Waals surface area contributed by atoms with E-state index in [9.17, 15) is 20.0 Å². The van der Waals surface area contributed by atoms with E-state index in [1.807, 2.05) is 17.0 Å². The van der Waals surface area contributed by atoms with E-state index in [0.717, 1.165) is 0 Å². The lowest BCUT2D eigenvalue weighted by Gasteiger charge is -2.21. The molecule has 0 spiro atoms. The summed E-state index contributed by atoms with van der Waals surface area (Å²) in [7, 11) is 0. The molecular weight excluding hydrogens is 468 g/mol. The zero-order valence-electron chi connectivity index (χ0n) is 18.6. The van der Waals surface area contributed by atoms with Crippen molar-refractivity contribution in [2.75, 3.05) is 10.2 Å². The number of carbonyl (C=O) groups is 1. The van der Waals surface area contributed by atoms with E-state index in [-0.39, 0.29) is 27.7 Å². The van der Waals surface area contributed by atoms with Gasteiger partial charge in [-0.25, -0.2) is 14.8 Å². The van der Waals surface area contributed by atoms with Crippen LogP contribution in [0.5, 0.6) is 0 Å². The van der Waals surface area contributed by atoms with E-state index >= 15 is 0 Å². The van der Waals surface area contributed by atoms with Crippen molar-refractivity contribution < 1.29 is 9.90 Å². The normalized spacial score (nSPS) is 13.3. The van der Waals surface area contributed by atoms with Crippen LogP contribution in [0.4, 0.5) is 11.5 Å². The second-order valence-corrected chi connectivity index (χ2v) is 8.66. The summed E-state index contributed by atoms with van der Waals surface area (Å²) in [5.41, 5.74) is 3.29. The van der Waals surface area contributed by atoms with Crippen LogP contribution in [-0.2, 0) is 13.1 Å². The number of pyridine rings is 2. The van der Waals surface area contributed by atoms with E-state index in [1.165, 1.54) is 39.9 Å². The number of benzene rings is 1. The summed E-state index contributed by atoms with van der Waals surface area (Å²) in [4.78, 5) is 35.5. The van der Waals surface area contributed by atoms with Gasteiger partial charge in [-0.05, 0) is 36.2 Å². The van der Waals surface area contributed by atoms with Gasteiger partial charge in [0.1, 0.15) is 22.7 Å². The van der Waals surface area contributed by atoms with Crippen LogP contribution in [0, 0.1) is 11.3 Å². The van der Waals surface area contributed by atoms with Gasteiger partial charge in [0.05, 0.1) is 17.3 Å². The van der Waals surface area contributed by atoms with Crippen molar-refractivity contribution in [3.05, 3.63) is 98.2 Å². The highest BCUT2D eigenvalue weighted by molar-refractivity contribution is 6.29. The molecule has 4 aromatic rings. The molecule has 35 heavy (non-hydrogen) atoms. The molecule has 4 heterocycles. The maximum atomic E-state index is 13.1. The summed E-state index contributed by atoms with van der Waals surface area (Å²) < 4.78 is 1.34. The van der Waals surface area contributed by atoms with Crippen LogP contribution in [-0.4, -0.2) is 25.4 Å². The molecule has 2 N–H and O–H groups in total. The number of fused-ring (bicyclic) bond motifs is 2. The van der Waals surface area contributed by atoms with Crippen LogP contribution < -0.4 is 15.8 Å². The van der Waals surface area contributed by atoms with Gasteiger partial charge >= 0.3 is 5.97 Å². The number of aromatic carboxylic acids is 1. The fourth-order valence-corrected chi connectivity index (χ4v) is 4.43. The number of anilines is 2. The summed E-state index contributed by atoms with van der Waals surface area (Å²) >= 11 is 5.87. The van der Waals surface area contributed by atoms with Crippen LogP contribution in [0.3, 0.4) is 0 Å². The Kier molecular flexibility index (Phi) is 5.59. The number of nitriles is 1. The molecule has 5 rings (SSSR count). The van der Waals surface area contributed by atoms with Gasteiger partial charge in [-0.15, -0.1) is 0 Å². The molecule has 1 aliphatic heterocycles. The van der Waals surface area contributed by atoms with E-state index in [0.29, 0.717) is 30.1 Å². The second kappa shape index (κ2) is 8.74. The summed E-state index contributed by atoms with van der Waals surface area (Å²) in [6, 6.07) is 15.8. The van der Waals surface area contributed by atoms with E-state index in [2.05, 4.69) is 28.5 Å². The van der Waals surface area contributed by atoms with Crippen LogP contribution >= 0.6 is 11.6 Å². The first-order chi connectivity index (χ1) is 16.8. The molecule has 1 atom stereocenters. The monoisotopic (exact) mass is 486 g/mol. The highest BCUT2D eigenvalue weighted by atomic mass is 35.5. The maximum absolute atomic E-state index is 13.1. The quantitative estimate of drug-likeness (QED) is 0.405. The van der Waals surface area contributed by atoms with Gasteiger partial charge in [0.2, 0.25) is 0 Å². The van der Waals surface area contributed by atoms with Gasteiger partial charge in [-0.2, -0.15) is 5.26 Å². The zero-order valence-corrected chi connectivity index (χ0v) is 19.3. The molecule has 0 radical (unpaired) electrons. The standard InChI is InChI=1S/C25H19ClN6O3/c1-14(28-19-6-7-20(26)29-23(19)25(34)35)18-8-15(10-27)11-32-22(33)9-21(30-24(18)32)31-12-16-4-2-3-5-17(16)13-31/h2-9,11,14,28H,12-13H2,1H3,(H,34,35)/t14-/m1/s1. The van der Waals surface area contributed by atoms with Crippen molar-refractivity contribution in [2.45, 2.75) is 26.1 Å². The van der Waals surface area contributed by atoms with E-state index in [4.69, 9.17) is 16.6 Å². The van der Waals surface area contributed by atoms with E-state index < -0.39 is 12.0 Å². The molecule has 0 aliphatic carbocycles. The first-order valence-corrected chi connectivity index (χ1v) is 11.2. The van der Waals surface area contributed by atoms with Crippen molar-refractivity contribution in [2.24, 2.45) is 0 Å². The number of halogens is 1. The maximum Gasteiger partial charge on any atom is 0.356 e. The average Bonchev–Trinajstić information content (AvgIpc) is 3.29. The number of rotatable bonds is 5. The third kappa shape index (κ3) is 4.16. The van der Waals surface area contributed by atoms with Gasteiger partial charge in [0.15, 0.2) is 5.69 Å². The van der Waals surface area contributed by atoms with Gasteiger partial charge in [0.25, 0.3) is 5.56 Å². The lowest BCUT2D eigenvalue weighted by atomic mass is 10.1. The highest BCUT2D eigenvalue weighted by Gasteiger charge is 2.23. The number of carboxylic acid groups (broad SMARTS) is 1. The zero-order chi connectivity index (χ0) is 24.7. The Bertz CT molecular complexity index is 1570. The van der Waals surface area contributed by atoms with Crippen molar-refractivity contribution in [1.82, 2.24) is 14.4 Å². The summed E-state index contributed by atoms with van der Waals surface area (Å²) in [5.74, 6) is -0.702. The predicted molar refractivity (Wildman–Crippen MR) is 131 cm³/mol. The Balaban J connectivity index is 1.59. The van der Waals surface area contributed by atoms with Gasteiger partial charge in [-0.1, -0.05) is 35.9 Å². The topological polar surface area (TPSA) is 124 Å². The second-order valence-electron chi connectivity index (χ2n) is 8.27. The Labute approximate surface area is 204 Å². The van der Waals surface area contributed by atoms with Crippen LogP contribution in [0.2, 0.25) is 5.15 Å². The van der Waals surface area contributed by atoms with Crippen molar-refractivity contribution in [3.63, 3.8) is 0 Å². The number of carboxylic acids is 1. The number of aromatic nitrogens is 3. The van der Waals surface area contributed by atoms with Crippen LogP contribution in [0.15, 0.2) is 59.5 Å². The molecule has 0 amide bonds. The minimum Gasteiger partial charge on any atom is -0.476 e. The Hall–Kier alpha value is -4.42. The number of hydrogen-bond acceptors (Lipinski definition) is 7. The molecule has 1 aliphatic rings. The van der Waals surface area contributed by atoms with Crippen molar-refractivity contribution in [3.8, 4) is 6.07 Å². The third-order valence-electron chi connectivity index (χ3n) is 5.97. The van der Waals surface area contributed by atoms with Gasteiger partial charge in [0, 0.05) is 30.9 Å². The lowest BCUT2D eigenvalue weighted by molar-refractivity contribution is 0.0691. The minimum atomic E-state index is -1.23. The fourth-order valence-electron chi connectivity index (χ4n) is 4.28. The Morgan fingerprint density at radius 3 is 2.54 bits per heavy atom. The average molecular weight is 487 g/mol. The molecule has 0 saturated carbocycles. The molecule has 3 aromatic heterocycles. The molecule has 0 unspecified atom stereocenters. The molecule has 0 bridgehead atoms. The van der Waals surface area contributed by atoms with Crippen LogP contribution in [0.25, 0.3) is 5.65 Å². The number of nitrogens with one attached hydrogen (secondary N) is 1. The summed E-state index contributed by atoms with van der Waals surface area (Å²) in [5, 5.41) is 22.2. The molecule has 0 saturated heterocycles. The van der Waals surface area contributed by atoms with Gasteiger partial charge in [-0.3, -0.25) is 9.20 Å². The van der Waals surface area contributed by atoms with E-state index in [1.54, 1.807) is 13.0 Å². The first kappa shape index (κ1) is 22.4. The largest absolute Gasteiger partial charge is 0.476 e. The molecule has 9 nitrogen and oxygen atoms in total.